The molecule has 3 atom stereocenters. The van der Waals surface area contributed by atoms with Gasteiger partial charge in [-0.3, -0.25) is 19.8 Å². The number of carbonyl (C=O) groups excluding carboxylic acids is 1. The van der Waals surface area contributed by atoms with Crippen LogP contribution >= 0.6 is 0 Å². The third kappa shape index (κ3) is 4.47. The molecule has 0 spiro atoms. The molecule has 1 amide bonds. The summed E-state index contributed by atoms with van der Waals surface area (Å²) in [7, 11) is 1.57. The lowest BCUT2D eigenvalue weighted by atomic mass is 9.89. The monoisotopic (exact) mass is 441 g/mol. The van der Waals surface area contributed by atoms with Crippen LogP contribution in [-0.4, -0.2) is 42.7 Å². The second-order valence-corrected chi connectivity index (χ2v) is 8.54. The minimum Gasteiger partial charge on any atom is -0.497 e. The Hall–Kier alpha value is -3.33. The van der Waals surface area contributed by atoms with Crippen LogP contribution in [0.5, 0.6) is 17.2 Å². The molecule has 32 heavy (non-hydrogen) atoms. The van der Waals surface area contributed by atoms with E-state index in [4.69, 9.17) is 14.2 Å². The van der Waals surface area contributed by atoms with Crippen LogP contribution in [-0.2, 0) is 4.79 Å². The van der Waals surface area contributed by atoms with Gasteiger partial charge in [0.15, 0.2) is 11.5 Å². The Balaban J connectivity index is 1.74. The number of benzene rings is 2. The Morgan fingerprint density at radius 1 is 1.16 bits per heavy atom. The number of nitro groups is 1. The van der Waals surface area contributed by atoms with Crippen LogP contribution in [0.3, 0.4) is 0 Å². The van der Waals surface area contributed by atoms with Gasteiger partial charge in [0.1, 0.15) is 11.8 Å². The molecular weight excluding hydrogens is 414 g/mol. The molecule has 0 radical (unpaired) electrons. The number of amides is 1. The van der Waals surface area contributed by atoms with Gasteiger partial charge in [-0.05, 0) is 48.6 Å². The van der Waals surface area contributed by atoms with Crippen LogP contribution in [0.15, 0.2) is 36.4 Å². The zero-order valence-corrected chi connectivity index (χ0v) is 18.4. The number of hydrogen-bond donors (Lipinski definition) is 1. The quantitative estimate of drug-likeness (QED) is 0.534. The molecule has 0 saturated carbocycles. The molecule has 2 heterocycles. The van der Waals surface area contributed by atoms with E-state index in [0.717, 1.165) is 6.42 Å². The van der Waals surface area contributed by atoms with Crippen LogP contribution in [0.2, 0.25) is 0 Å². The van der Waals surface area contributed by atoms with Gasteiger partial charge < -0.3 is 19.5 Å². The fraction of sp³-hybridized carbons (Fsp3) is 0.435. The molecule has 1 saturated heterocycles. The van der Waals surface area contributed by atoms with E-state index < -0.39 is 11.0 Å². The minimum absolute atomic E-state index is 0.00354. The number of methoxy groups -OCH3 is 1. The van der Waals surface area contributed by atoms with Gasteiger partial charge in [-0.15, -0.1) is 0 Å². The average Bonchev–Trinajstić information content (AvgIpc) is 3.20. The summed E-state index contributed by atoms with van der Waals surface area (Å²) < 4.78 is 16.0. The van der Waals surface area contributed by atoms with Gasteiger partial charge in [0.25, 0.3) is 5.69 Å². The summed E-state index contributed by atoms with van der Waals surface area (Å²) in [6.07, 6.45) is 1.05. The maximum Gasteiger partial charge on any atom is 0.278 e. The third-order valence-corrected chi connectivity index (χ3v) is 5.88. The maximum atomic E-state index is 13.6. The first-order valence-electron chi connectivity index (χ1n) is 10.6. The molecule has 9 heteroatoms. The Labute approximate surface area is 186 Å². The number of rotatable bonds is 6. The molecule has 2 aromatic rings. The van der Waals surface area contributed by atoms with Crippen LogP contribution in [0.4, 0.5) is 11.4 Å². The number of carbonyl (C=O) groups is 1. The van der Waals surface area contributed by atoms with Gasteiger partial charge in [-0.1, -0.05) is 13.8 Å². The fourth-order valence-electron chi connectivity index (χ4n) is 4.63. The van der Waals surface area contributed by atoms with E-state index in [1.807, 2.05) is 4.90 Å². The van der Waals surface area contributed by atoms with Crippen molar-refractivity contribution >= 4 is 17.3 Å². The molecule has 9 nitrogen and oxygen atoms in total. The topological polar surface area (TPSA) is 103 Å². The summed E-state index contributed by atoms with van der Waals surface area (Å²) in [4.78, 5) is 27.1. The standard InChI is InChI=1S/C23H27N3O6/c1-14-8-15(2)12-25(11-14)22(23(27)24-16-4-6-17(30-3)7-5-16)18-9-20-21(32-13-31-20)10-19(18)26(28)29/h4-7,9-10,14-15,22H,8,11-13H2,1-3H3,(H,24,27)/t14-,15-,22-/m0/s1. The lowest BCUT2D eigenvalue weighted by molar-refractivity contribution is -0.386. The van der Waals surface area contributed by atoms with E-state index in [1.54, 1.807) is 37.4 Å². The minimum atomic E-state index is -0.850. The Bertz CT molecular complexity index is 1000. The second-order valence-electron chi connectivity index (χ2n) is 8.54. The zero-order chi connectivity index (χ0) is 22.8. The lowest BCUT2D eigenvalue weighted by Crippen LogP contribution is -2.45. The Kier molecular flexibility index (Phi) is 6.18. The van der Waals surface area contributed by atoms with Gasteiger partial charge in [-0.25, -0.2) is 0 Å². The summed E-state index contributed by atoms with van der Waals surface area (Å²) in [6.45, 7) is 5.59. The number of hydrogen-bond acceptors (Lipinski definition) is 7. The number of likely N-dealkylation sites (tertiary alicyclic amines) is 1. The third-order valence-electron chi connectivity index (χ3n) is 5.88. The molecule has 4 rings (SSSR count). The normalized spacial score (nSPS) is 21.1. The smallest absolute Gasteiger partial charge is 0.278 e. The predicted molar refractivity (Wildman–Crippen MR) is 118 cm³/mol. The van der Waals surface area contributed by atoms with Crippen molar-refractivity contribution in [2.24, 2.45) is 11.8 Å². The van der Waals surface area contributed by atoms with Crippen LogP contribution in [0, 0.1) is 22.0 Å². The largest absolute Gasteiger partial charge is 0.497 e. The summed E-state index contributed by atoms with van der Waals surface area (Å²) in [5.74, 6) is 1.79. The van der Waals surface area contributed by atoms with E-state index in [9.17, 15) is 14.9 Å². The van der Waals surface area contributed by atoms with Crippen molar-refractivity contribution in [2.75, 3.05) is 32.3 Å². The molecule has 0 aromatic heterocycles. The molecule has 1 fully saturated rings. The average molecular weight is 441 g/mol. The molecule has 0 unspecified atom stereocenters. The summed E-state index contributed by atoms with van der Waals surface area (Å²) in [5.41, 5.74) is 0.726. The number of nitrogens with zero attached hydrogens (tertiary/aromatic N) is 2. The first-order chi connectivity index (χ1) is 15.4. The fourth-order valence-corrected chi connectivity index (χ4v) is 4.63. The van der Waals surface area contributed by atoms with Crippen molar-refractivity contribution < 1.29 is 23.9 Å². The zero-order valence-electron chi connectivity index (χ0n) is 18.4. The molecule has 2 aliphatic heterocycles. The van der Waals surface area contributed by atoms with Crippen molar-refractivity contribution in [2.45, 2.75) is 26.3 Å². The number of ether oxygens (including phenoxy) is 3. The molecule has 2 aliphatic rings. The van der Waals surface area contributed by atoms with Crippen molar-refractivity contribution in [3.05, 3.63) is 52.1 Å². The highest BCUT2D eigenvalue weighted by molar-refractivity contribution is 5.96. The Morgan fingerprint density at radius 2 is 1.78 bits per heavy atom. The van der Waals surface area contributed by atoms with Crippen molar-refractivity contribution in [1.82, 2.24) is 4.90 Å². The van der Waals surface area contributed by atoms with Gasteiger partial charge in [0.2, 0.25) is 12.7 Å². The van der Waals surface area contributed by atoms with Gasteiger partial charge in [0, 0.05) is 18.8 Å². The highest BCUT2D eigenvalue weighted by atomic mass is 16.7. The maximum absolute atomic E-state index is 13.6. The first-order valence-corrected chi connectivity index (χ1v) is 10.6. The number of piperidine rings is 1. The summed E-state index contributed by atoms with van der Waals surface area (Å²) >= 11 is 0. The first kappa shape index (κ1) is 21.9. The summed E-state index contributed by atoms with van der Waals surface area (Å²) in [6, 6.07) is 9.05. The van der Waals surface area contributed by atoms with Crippen LogP contribution < -0.4 is 19.5 Å². The number of nitro benzene ring substituents is 1. The predicted octanol–water partition coefficient (Wildman–Crippen LogP) is 3.99. The van der Waals surface area contributed by atoms with E-state index in [1.165, 1.54) is 6.07 Å². The van der Waals surface area contributed by atoms with E-state index >= 15 is 0 Å². The molecule has 0 aliphatic carbocycles. The van der Waals surface area contributed by atoms with Crippen LogP contribution in [0.1, 0.15) is 31.9 Å². The van der Waals surface area contributed by atoms with Gasteiger partial charge in [-0.2, -0.15) is 0 Å². The molecular formula is C23H27N3O6. The molecule has 2 aromatic carbocycles. The highest BCUT2D eigenvalue weighted by Gasteiger charge is 2.38. The van der Waals surface area contributed by atoms with Crippen molar-refractivity contribution in [3.63, 3.8) is 0 Å². The number of fused-ring (bicyclic) bond motifs is 1. The van der Waals surface area contributed by atoms with Crippen molar-refractivity contribution in [3.8, 4) is 17.2 Å². The number of anilines is 1. The van der Waals surface area contributed by atoms with Gasteiger partial charge >= 0.3 is 0 Å². The molecule has 170 valence electrons. The lowest BCUT2D eigenvalue weighted by Gasteiger charge is -2.39. The van der Waals surface area contributed by atoms with Crippen LogP contribution in [0.25, 0.3) is 0 Å². The van der Waals surface area contributed by atoms with Gasteiger partial charge in [0.05, 0.1) is 23.7 Å². The second kappa shape index (κ2) is 9.04. The van der Waals surface area contributed by atoms with E-state index in [2.05, 4.69) is 19.2 Å². The number of nitrogens with one attached hydrogen (secondary N) is 1. The Morgan fingerprint density at radius 3 is 2.38 bits per heavy atom. The molecule has 0 bridgehead atoms. The highest BCUT2D eigenvalue weighted by Crippen LogP contribution is 2.43. The molecule has 1 N–H and O–H groups in total. The van der Waals surface area contributed by atoms with Crippen molar-refractivity contribution in [1.29, 1.82) is 0 Å². The van der Waals surface area contributed by atoms with E-state index in [-0.39, 0.29) is 18.4 Å². The SMILES string of the molecule is COc1ccc(NC(=O)[C@H](c2cc3c(cc2[N+](=O)[O-])OCO3)N2C[C@@H](C)C[C@H](C)C2)cc1. The summed E-state index contributed by atoms with van der Waals surface area (Å²) in [5, 5.41) is 14.9. The van der Waals surface area contributed by atoms with E-state index in [0.29, 0.717) is 53.4 Å².